The van der Waals surface area contributed by atoms with E-state index in [0.29, 0.717) is 5.92 Å². The fourth-order valence-corrected chi connectivity index (χ4v) is 5.07. The fourth-order valence-electron chi connectivity index (χ4n) is 4.15. The van der Waals surface area contributed by atoms with Crippen molar-refractivity contribution in [1.82, 2.24) is 30.1 Å². The van der Waals surface area contributed by atoms with Gasteiger partial charge in [-0.1, -0.05) is 24.2 Å². The predicted molar refractivity (Wildman–Crippen MR) is 119 cm³/mol. The number of fused-ring (bicyclic) bond motifs is 2. The van der Waals surface area contributed by atoms with Crippen LogP contribution in [-0.4, -0.2) is 30.1 Å². The maximum atomic E-state index is 4.77. The van der Waals surface area contributed by atoms with Crippen LogP contribution in [0.4, 0.5) is 10.9 Å². The van der Waals surface area contributed by atoms with Crippen LogP contribution >= 0.6 is 11.3 Å². The summed E-state index contributed by atoms with van der Waals surface area (Å²) >= 11 is 1.63. The van der Waals surface area contributed by atoms with Crippen LogP contribution in [-0.2, 0) is 0 Å². The molecule has 1 fully saturated rings. The first-order chi connectivity index (χ1) is 14.8. The number of hydrogen-bond donors (Lipinski definition) is 2. The highest BCUT2D eigenvalue weighted by molar-refractivity contribution is 7.15. The summed E-state index contributed by atoms with van der Waals surface area (Å²) in [6.45, 7) is 0. The van der Waals surface area contributed by atoms with Gasteiger partial charge in [-0.15, -0.1) is 10.2 Å². The summed E-state index contributed by atoms with van der Waals surface area (Å²) < 4.78 is 0. The quantitative estimate of drug-likeness (QED) is 0.408. The van der Waals surface area contributed by atoms with Gasteiger partial charge in [0.1, 0.15) is 16.5 Å². The van der Waals surface area contributed by atoms with E-state index in [-0.39, 0.29) is 0 Å². The van der Waals surface area contributed by atoms with Gasteiger partial charge in [0, 0.05) is 41.0 Å². The zero-order chi connectivity index (χ0) is 19.9. The number of rotatable bonds is 4. The zero-order valence-corrected chi connectivity index (χ0v) is 17.0. The second kappa shape index (κ2) is 7.14. The smallest absolute Gasteiger partial charge is 0.211 e. The Kier molecular flexibility index (Phi) is 4.16. The van der Waals surface area contributed by atoms with Crippen LogP contribution in [0.2, 0.25) is 0 Å². The molecule has 148 valence electrons. The van der Waals surface area contributed by atoms with Crippen molar-refractivity contribution in [2.24, 2.45) is 0 Å². The molecule has 0 aromatic carbocycles. The van der Waals surface area contributed by atoms with Crippen LogP contribution in [0.3, 0.4) is 0 Å². The van der Waals surface area contributed by atoms with Crippen molar-refractivity contribution in [2.75, 3.05) is 5.32 Å². The van der Waals surface area contributed by atoms with Crippen molar-refractivity contribution >= 4 is 44.4 Å². The number of pyridine rings is 3. The molecule has 5 aromatic rings. The monoisotopic (exact) mass is 413 g/mol. The Hall–Kier alpha value is -3.39. The van der Waals surface area contributed by atoms with Crippen LogP contribution in [0, 0.1) is 0 Å². The van der Waals surface area contributed by atoms with E-state index in [1.54, 1.807) is 17.5 Å². The van der Waals surface area contributed by atoms with Gasteiger partial charge in [-0.25, -0.2) is 9.97 Å². The molecule has 0 radical (unpaired) electrons. The Bertz CT molecular complexity index is 1350. The molecule has 0 aliphatic heterocycles. The van der Waals surface area contributed by atoms with E-state index >= 15 is 0 Å². The molecule has 1 saturated carbocycles. The van der Waals surface area contributed by atoms with Gasteiger partial charge in [0.05, 0.1) is 11.0 Å². The highest BCUT2D eigenvalue weighted by Gasteiger charge is 2.21. The summed E-state index contributed by atoms with van der Waals surface area (Å²) in [6.07, 6.45) is 10.7. The molecule has 0 saturated heterocycles. The Morgan fingerprint density at radius 2 is 1.97 bits per heavy atom. The first-order valence-electron chi connectivity index (χ1n) is 10.1. The summed E-state index contributed by atoms with van der Waals surface area (Å²) in [7, 11) is 0. The normalized spacial score (nSPS) is 14.7. The Morgan fingerprint density at radius 3 is 2.90 bits per heavy atom. The minimum absolute atomic E-state index is 0.569. The van der Waals surface area contributed by atoms with Gasteiger partial charge < -0.3 is 10.3 Å². The van der Waals surface area contributed by atoms with Gasteiger partial charge in [-0.05, 0) is 43.2 Å². The number of anilines is 2. The highest BCUT2D eigenvalue weighted by atomic mass is 32.1. The number of aromatic amines is 1. The number of H-pyrrole nitrogens is 1. The molecule has 0 bridgehead atoms. The average molecular weight is 414 g/mol. The molecular formula is C22H19N7S. The van der Waals surface area contributed by atoms with E-state index in [2.05, 4.69) is 42.6 Å². The van der Waals surface area contributed by atoms with E-state index in [1.807, 2.05) is 30.6 Å². The molecule has 7 nitrogen and oxygen atoms in total. The van der Waals surface area contributed by atoms with E-state index in [9.17, 15) is 0 Å². The first-order valence-corrected chi connectivity index (χ1v) is 10.9. The summed E-state index contributed by atoms with van der Waals surface area (Å²) in [5.74, 6) is 1.32. The number of nitrogens with zero attached hydrogens (tertiary/aromatic N) is 5. The van der Waals surface area contributed by atoms with Crippen molar-refractivity contribution < 1.29 is 0 Å². The van der Waals surface area contributed by atoms with Gasteiger partial charge in [0.25, 0.3) is 0 Å². The molecule has 5 aromatic heterocycles. The molecule has 6 rings (SSSR count). The van der Waals surface area contributed by atoms with Crippen molar-refractivity contribution in [1.29, 1.82) is 0 Å². The molecular weight excluding hydrogens is 394 g/mol. The van der Waals surface area contributed by atoms with Crippen LogP contribution in [0.5, 0.6) is 0 Å². The molecule has 30 heavy (non-hydrogen) atoms. The van der Waals surface area contributed by atoms with Crippen molar-refractivity contribution in [3.8, 4) is 11.1 Å². The Balaban J connectivity index is 1.32. The average Bonchev–Trinajstić information content (AvgIpc) is 3.53. The van der Waals surface area contributed by atoms with Gasteiger partial charge in [0.15, 0.2) is 0 Å². The van der Waals surface area contributed by atoms with Gasteiger partial charge in [-0.3, -0.25) is 4.98 Å². The van der Waals surface area contributed by atoms with Gasteiger partial charge in [-0.2, -0.15) is 0 Å². The lowest BCUT2D eigenvalue weighted by Crippen LogP contribution is -1.94. The van der Waals surface area contributed by atoms with E-state index in [1.165, 1.54) is 25.7 Å². The van der Waals surface area contributed by atoms with Crippen molar-refractivity contribution in [3.05, 3.63) is 53.9 Å². The lowest BCUT2D eigenvalue weighted by atomic mass is 10.1. The molecule has 1 aliphatic rings. The fraction of sp³-hybridized carbons (Fsp3) is 0.227. The van der Waals surface area contributed by atoms with Gasteiger partial charge in [0.2, 0.25) is 5.13 Å². The van der Waals surface area contributed by atoms with E-state index < -0.39 is 0 Å². The largest absolute Gasteiger partial charge is 0.346 e. The first kappa shape index (κ1) is 17.5. The van der Waals surface area contributed by atoms with Crippen LogP contribution in [0.1, 0.15) is 36.6 Å². The summed E-state index contributed by atoms with van der Waals surface area (Å²) in [5.41, 5.74) is 4.62. The predicted octanol–water partition coefficient (Wildman–Crippen LogP) is 5.43. The molecule has 8 heteroatoms. The zero-order valence-electron chi connectivity index (χ0n) is 16.2. The highest BCUT2D eigenvalue weighted by Crippen LogP contribution is 2.37. The second-order valence-electron chi connectivity index (χ2n) is 7.61. The molecule has 1 aliphatic carbocycles. The van der Waals surface area contributed by atoms with E-state index in [0.717, 1.165) is 49.2 Å². The molecule has 0 atom stereocenters. The van der Waals surface area contributed by atoms with Crippen molar-refractivity contribution in [2.45, 2.75) is 31.6 Å². The molecule has 0 spiro atoms. The second-order valence-corrected chi connectivity index (χ2v) is 8.62. The van der Waals surface area contributed by atoms with Crippen molar-refractivity contribution in [3.63, 3.8) is 0 Å². The Morgan fingerprint density at radius 1 is 1.03 bits per heavy atom. The third kappa shape index (κ3) is 3.09. The Labute approximate surface area is 176 Å². The standard InChI is InChI=1S/C22H19N7S/c1-2-5-13(4-1)21-28-29-22(30-21)27-19-8-7-17-18(26-19)10-14(11-24-17)16-12-25-20-15(16)6-3-9-23-20/h3,6-13H,1-2,4-5H2,(H,23,25)(H,26,27,29). The SMILES string of the molecule is c1cnc2[nH]cc(-c3cnc4ccc(Nc5nnc(C6CCCC6)s5)nc4c3)c2c1. The van der Waals surface area contributed by atoms with Gasteiger partial charge >= 0.3 is 0 Å². The van der Waals surface area contributed by atoms with Crippen LogP contribution in [0.15, 0.2) is 48.9 Å². The lowest BCUT2D eigenvalue weighted by Gasteiger charge is -2.05. The summed E-state index contributed by atoms with van der Waals surface area (Å²) in [4.78, 5) is 17.0. The lowest BCUT2D eigenvalue weighted by molar-refractivity contribution is 0.705. The molecule has 0 unspecified atom stereocenters. The molecule has 0 amide bonds. The third-order valence-electron chi connectivity index (χ3n) is 5.68. The molecule has 5 heterocycles. The maximum Gasteiger partial charge on any atom is 0.211 e. The summed E-state index contributed by atoms with van der Waals surface area (Å²) in [6, 6.07) is 9.97. The number of hydrogen-bond acceptors (Lipinski definition) is 7. The number of nitrogens with one attached hydrogen (secondary N) is 2. The number of aromatic nitrogens is 6. The molecule has 2 N–H and O–H groups in total. The van der Waals surface area contributed by atoms with Crippen LogP contribution in [0.25, 0.3) is 33.2 Å². The van der Waals surface area contributed by atoms with Crippen LogP contribution < -0.4 is 5.32 Å². The minimum Gasteiger partial charge on any atom is -0.346 e. The minimum atomic E-state index is 0.569. The maximum absolute atomic E-state index is 4.77. The van der Waals surface area contributed by atoms with E-state index in [4.69, 9.17) is 4.98 Å². The summed E-state index contributed by atoms with van der Waals surface area (Å²) in [5, 5.41) is 15.0. The third-order valence-corrected chi connectivity index (χ3v) is 6.68. The topological polar surface area (TPSA) is 92.3 Å².